The number of hydrogen-bond donors (Lipinski definition) is 1. The van der Waals surface area contributed by atoms with Gasteiger partial charge in [-0.15, -0.1) is 0 Å². The molecule has 31 heavy (non-hydrogen) atoms. The summed E-state index contributed by atoms with van der Waals surface area (Å²) in [6, 6.07) is 10.5. The van der Waals surface area contributed by atoms with Crippen LogP contribution >= 0.6 is 0 Å². The fraction of sp³-hybridized carbons (Fsp3) is 0.143. The summed E-state index contributed by atoms with van der Waals surface area (Å²) in [4.78, 5) is 20.9. The smallest absolute Gasteiger partial charge is 0.308 e. The Labute approximate surface area is 173 Å². The molecule has 1 amide bonds. The number of hydrogen-bond acceptors (Lipinski definition) is 4. The Morgan fingerprint density at radius 1 is 1.10 bits per heavy atom. The van der Waals surface area contributed by atoms with Crippen LogP contribution in [0.5, 0.6) is 0 Å². The van der Waals surface area contributed by atoms with Gasteiger partial charge < -0.3 is 5.32 Å². The number of carbonyl (C=O) groups excluding carboxylic acids is 1. The summed E-state index contributed by atoms with van der Waals surface area (Å²) in [5.74, 6) is -0.874. The summed E-state index contributed by atoms with van der Waals surface area (Å²) in [5, 5.41) is 6.92. The van der Waals surface area contributed by atoms with E-state index in [0.29, 0.717) is 16.9 Å². The predicted molar refractivity (Wildman–Crippen MR) is 105 cm³/mol. The van der Waals surface area contributed by atoms with Crippen molar-refractivity contribution in [2.45, 2.75) is 19.5 Å². The molecule has 0 fully saturated rings. The lowest BCUT2D eigenvalue weighted by Gasteiger charge is -2.10. The first-order valence-corrected chi connectivity index (χ1v) is 9.15. The minimum absolute atomic E-state index is 0.0250. The predicted octanol–water partition coefficient (Wildman–Crippen LogP) is 4.44. The van der Waals surface area contributed by atoms with Crippen LogP contribution in [-0.2, 0) is 17.4 Å². The molecule has 6 nitrogen and oxygen atoms in total. The molecule has 3 aromatic heterocycles. The van der Waals surface area contributed by atoms with E-state index < -0.39 is 23.5 Å². The first kappa shape index (κ1) is 20.5. The van der Waals surface area contributed by atoms with E-state index in [1.165, 1.54) is 28.8 Å². The number of aryl methyl sites for hydroxylation is 1. The number of fused-ring (bicyclic) bond motifs is 1. The summed E-state index contributed by atoms with van der Waals surface area (Å²) in [6.07, 6.45) is -3.60. The van der Waals surface area contributed by atoms with Crippen molar-refractivity contribution >= 4 is 17.4 Å². The van der Waals surface area contributed by atoms with E-state index in [2.05, 4.69) is 20.4 Å². The molecule has 0 aliphatic heterocycles. The maximum atomic E-state index is 13.2. The molecule has 0 aliphatic carbocycles. The second-order valence-electron chi connectivity index (χ2n) is 6.83. The number of nitrogens with zero attached hydrogens (tertiary/aromatic N) is 4. The number of aromatic nitrogens is 4. The van der Waals surface area contributed by atoms with Crippen LogP contribution in [-0.4, -0.2) is 25.5 Å². The molecule has 0 aliphatic rings. The summed E-state index contributed by atoms with van der Waals surface area (Å²) in [5.41, 5.74) is 0.688. The average Bonchev–Trinajstić information content (AvgIpc) is 3.06. The summed E-state index contributed by atoms with van der Waals surface area (Å²) in [7, 11) is 0. The van der Waals surface area contributed by atoms with Crippen molar-refractivity contribution in [1.29, 1.82) is 0 Å². The number of carbonyl (C=O) groups is 1. The number of amides is 1. The average molecular weight is 429 g/mol. The van der Waals surface area contributed by atoms with Gasteiger partial charge in [-0.1, -0.05) is 12.1 Å². The molecular weight excluding hydrogens is 414 g/mol. The third-order valence-corrected chi connectivity index (χ3v) is 4.48. The van der Waals surface area contributed by atoms with E-state index >= 15 is 0 Å². The summed E-state index contributed by atoms with van der Waals surface area (Å²) >= 11 is 0. The van der Waals surface area contributed by atoms with Gasteiger partial charge in [0.05, 0.1) is 23.4 Å². The first-order valence-electron chi connectivity index (χ1n) is 9.15. The lowest BCUT2D eigenvalue weighted by molar-refractivity contribution is -0.137. The highest BCUT2D eigenvalue weighted by molar-refractivity contribution is 5.95. The van der Waals surface area contributed by atoms with Crippen LogP contribution in [0.4, 0.5) is 23.4 Å². The number of benzene rings is 1. The van der Waals surface area contributed by atoms with Gasteiger partial charge in [0.15, 0.2) is 11.5 Å². The molecule has 0 saturated heterocycles. The van der Waals surface area contributed by atoms with E-state index in [-0.39, 0.29) is 23.6 Å². The van der Waals surface area contributed by atoms with Crippen LogP contribution in [0.1, 0.15) is 16.8 Å². The van der Waals surface area contributed by atoms with Gasteiger partial charge >= 0.3 is 6.18 Å². The minimum atomic E-state index is -4.56. The molecule has 1 N–H and O–H groups in total. The third kappa shape index (κ3) is 4.37. The van der Waals surface area contributed by atoms with Crippen molar-refractivity contribution in [1.82, 2.24) is 19.6 Å². The van der Waals surface area contributed by atoms with Crippen molar-refractivity contribution in [2.75, 3.05) is 5.32 Å². The molecule has 0 atom stereocenters. The van der Waals surface area contributed by atoms with Crippen molar-refractivity contribution < 1.29 is 22.4 Å². The third-order valence-electron chi connectivity index (χ3n) is 4.48. The number of anilines is 1. The molecule has 4 rings (SSSR count). The molecule has 0 spiro atoms. The van der Waals surface area contributed by atoms with E-state index in [1.807, 2.05) is 0 Å². The number of pyridine rings is 1. The zero-order valence-electron chi connectivity index (χ0n) is 16.1. The molecule has 0 unspecified atom stereocenters. The maximum Gasteiger partial charge on any atom is 0.416 e. The van der Waals surface area contributed by atoms with Crippen LogP contribution in [0.2, 0.25) is 0 Å². The topological polar surface area (TPSA) is 72.2 Å². The van der Waals surface area contributed by atoms with Gasteiger partial charge in [-0.05, 0) is 48.9 Å². The summed E-state index contributed by atoms with van der Waals surface area (Å²) < 4.78 is 54.0. The van der Waals surface area contributed by atoms with Gasteiger partial charge in [-0.2, -0.15) is 18.3 Å². The number of nitrogens with one attached hydrogen (secondary N) is 1. The number of imidazole rings is 1. The molecule has 0 saturated carbocycles. The molecule has 0 radical (unpaired) electrons. The highest BCUT2D eigenvalue weighted by Gasteiger charge is 2.31. The second-order valence-corrected chi connectivity index (χ2v) is 6.83. The van der Waals surface area contributed by atoms with Gasteiger partial charge in [0, 0.05) is 6.20 Å². The van der Waals surface area contributed by atoms with Gasteiger partial charge in [-0.25, -0.2) is 13.9 Å². The number of halogens is 4. The van der Waals surface area contributed by atoms with E-state index in [1.54, 1.807) is 19.1 Å². The van der Waals surface area contributed by atoms with E-state index in [9.17, 15) is 22.4 Å². The maximum absolute atomic E-state index is 13.2. The summed E-state index contributed by atoms with van der Waals surface area (Å²) in [6.45, 7) is 1.72. The van der Waals surface area contributed by atoms with Gasteiger partial charge in [0.1, 0.15) is 11.5 Å². The molecule has 3 heterocycles. The van der Waals surface area contributed by atoms with Crippen LogP contribution in [0, 0.1) is 12.7 Å². The van der Waals surface area contributed by atoms with Gasteiger partial charge in [0.25, 0.3) is 0 Å². The van der Waals surface area contributed by atoms with Crippen LogP contribution in [0.25, 0.3) is 17.0 Å². The lowest BCUT2D eigenvalue weighted by Crippen LogP contribution is -2.15. The Bertz CT molecular complexity index is 1270. The Kier molecular flexibility index (Phi) is 5.14. The standard InChI is InChI=1S/C21H15F4N5O/c1-12-2-7-17-27-20(28-18(31)10-13-3-5-15(22)6-4-13)19(30(17)29-12)16-11-14(8-9-26-16)21(23,24)25/h2-9,11H,10H2,1H3,(H,28,31). The largest absolute Gasteiger partial charge is 0.416 e. The fourth-order valence-corrected chi connectivity index (χ4v) is 3.04. The number of alkyl halides is 3. The van der Waals surface area contributed by atoms with Crippen molar-refractivity contribution in [3.05, 3.63) is 77.4 Å². The zero-order valence-corrected chi connectivity index (χ0v) is 16.1. The van der Waals surface area contributed by atoms with Crippen molar-refractivity contribution in [3.8, 4) is 11.4 Å². The molecule has 4 aromatic rings. The normalized spacial score (nSPS) is 11.6. The molecule has 1 aromatic carbocycles. The quantitative estimate of drug-likeness (QED) is 0.487. The van der Waals surface area contributed by atoms with Gasteiger partial charge in [-0.3, -0.25) is 9.78 Å². The van der Waals surface area contributed by atoms with E-state index in [0.717, 1.165) is 18.3 Å². The van der Waals surface area contributed by atoms with Crippen LogP contribution in [0.15, 0.2) is 54.7 Å². The molecular formula is C21H15F4N5O. The number of rotatable bonds is 4. The Morgan fingerprint density at radius 3 is 2.55 bits per heavy atom. The SMILES string of the molecule is Cc1ccc2nc(NC(=O)Cc3ccc(F)cc3)c(-c3cc(C(F)(F)F)ccn3)n2n1. The molecule has 0 bridgehead atoms. The van der Waals surface area contributed by atoms with Crippen molar-refractivity contribution in [2.24, 2.45) is 0 Å². The van der Waals surface area contributed by atoms with Crippen molar-refractivity contribution in [3.63, 3.8) is 0 Å². The highest BCUT2D eigenvalue weighted by Crippen LogP contribution is 2.33. The van der Waals surface area contributed by atoms with Gasteiger partial charge in [0.2, 0.25) is 5.91 Å². The highest BCUT2D eigenvalue weighted by atomic mass is 19.4. The molecule has 158 valence electrons. The molecule has 10 heteroatoms. The second kappa shape index (κ2) is 7.78. The fourth-order valence-electron chi connectivity index (χ4n) is 3.04. The Hall–Kier alpha value is -3.82. The van der Waals surface area contributed by atoms with Crippen LogP contribution in [0.3, 0.4) is 0 Å². The lowest BCUT2D eigenvalue weighted by atomic mass is 10.1. The van der Waals surface area contributed by atoms with E-state index in [4.69, 9.17) is 0 Å². The Morgan fingerprint density at radius 2 is 1.84 bits per heavy atom. The Balaban J connectivity index is 1.75. The monoisotopic (exact) mass is 429 g/mol. The minimum Gasteiger partial charge on any atom is -0.308 e. The zero-order chi connectivity index (χ0) is 22.2. The first-order chi connectivity index (χ1) is 14.7. The van der Waals surface area contributed by atoms with Crippen LogP contribution < -0.4 is 5.32 Å².